The van der Waals surface area contributed by atoms with Gasteiger partial charge in [0.05, 0.1) is 4.92 Å². The topological polar surface area (TPSA) is 102 Å². The zero-order valence-electron chi connectivity index (χ0n) is 14.7. The van der Waals surface area contributed by atoms with Crippen LogP contribution in [0.5, 0.6) is 0 Å². The van der Waals surface area contributed by atoms with Crippen LogP contribution in [0, 0.1) is 10.1 Å². The Bertz CT molecular complexity index is 651. The van der Waals surface area contributed by atoms with E-state index in [-0.39, 0.29) is 23.7 Å². The molecular formula is C17H23N3O5. The molecule has 0 unspecified atom stereocenters. The number of hydrogen-bond acceptors (Lipinski definition) is 5. The third-order valence-electron chi connectivity index (χ3n) is 3.75. The molecule has 0 radical (unpaired) electrons. The number of nitrogens with zero attached hydrogens (tertiary/aromatic N) is 2. The molecule has 25 heavy (non-hydrogen) atoms. The Kier molecular flexibility index (Phi) is 5.61. The fourth-order valence-corrected chi connectivity index (χ4v) is 2.59. The van der Waals surface area contributed by atoms with Gasteiger partial charge in [-0.2, -0.15) is 0 Å². The van der Waals surface area contributed by atoms with Crippen LogP contribution in [0.25, 0.3) is 0 Å². The van der Waals surface area contributed by atoms with Crippen LogP contribution in [0.1, 0.15) is 44.0 Å². The Morgan fingerprint density at radius 1 is 1.28 bits per heavy atom. The van der Waals surface area contributed by atoms with Crippen molar-refractivity contribution in [2.45, 2.75) is 45.3 Å². The molecule has 0 aromatic heterocycles. The second-order valence-electron chi connectivity index (χ2n) is 7.04. The summed E-state index contributed by atoms with van der Waals surface area (Å²) in [6.07, 6.45) is 1.14. The molecule has 1 aliphatic heterocycles. The van der Waals surface area contributed by atoms with Gasteiger partial charge in [-0.3, -0.25) is 14.9 Å². The van der Waals surface area contributed by atoms with E-state index in [0.717, 1.165) is 12.8 Å². The van der Waals surface area contributed by atoms with Gasteiger partial charge in [0.2, 0.25) is 0 Å². The smallest absolute Gasteiger partial charge is 0.410 e. The lowest BCUT2D eigenvalue weighted by Crippen LogP contribution is -2.50. The van der Waals surface area contributed by atoms with Crippen LogP contribution in [-0.2, 0) is 4.74 Å². The third kappa shape index (κ3) is 5.44. The van der Waals surface area contributed by atoms with E-state index >= 15 is 0 Å². The maximum atomic E-state index is 12.3. The molecule has 0 bridgehead atoms. The van der Waals surface area contributed by atoms with E-state index in [1.807, 2.05) is 20.8 Å². The van der Waals surface area contributed by atoms with Gasteiger partial charge in [0.1, 0.15) is 5.60 Å². The molecule has 2 rings (SSSR count). The standard InChI is InChI=1S/C17H23N3O5/c1-17(2,3)25-16(22)19-10-4-5-13(11-19)18-15(21)12-6-8-14(9-7-12)20(23)24/h6-9,13H,4-5,10-11H2,1-3H3,(H,18,21)/t13-/m0/s1. The minimum Gasteiger partial charge on any atom is -0.444 e. The average molecular weight is 349 g/mol. The molecular weight excluding hydrogens is 326 g/mol. The van der Waals surface area contributed by atoms with Crippen LogP contribution in [-0.4, -0.2) is 46.6 Å². The van der Waals surface area contributed by atoms with Crippen molar-refractivity contribution in [1.29, 1.82) is 0 Å². The second kappa shape index (κ2) is 7.50. The lowest BCUT2D eigenvalue weighted by atomic mass is 10.1. The number of hydrogen-bond donors (Lipinski definition) is 1. The molecule has 0 aliphatic carbocycles. The summed E-state index contributed by atoms with van der Waals surface area (Å²) in [6.45, 7) is 6.40. The number of carbonyl (C=O) groups is 2. The predicted octanol–water partition coefficient (Wildman–Crippen LogP) is 2.72. The number of piperidine rings is 1. The lowest BCUT2D eigenvalue weighted by Gasteiger charge is -2.34. The van der Waals surface area contributed by atoms with Gasteiger partial charge in [-0.15, -0.1) is 0 Å². The fraction of sp³-hybridized carbons (Fsp3) is 0.529. The molecule has 1 aromatic rings. The number of benzene rings is 1. The van der Waals surface area contributed by atoms with Crippen LogP contribution in [0.2, 0.25) is 0 Å². The number of nitrogens with one attached hydrogen (secondary N) is 1. The molecule has 0 saturated carbocycles. The summed E-state index contributed by atoms with van der Waals surface area (Å²) in [6, 6.07) is 5.25. The van der Waals surface area contributed by atoms with Gasteiger partial charge in [0, 0.05) is 36.8 Å². The molecule has 136 valence electrons. The lowest BCUT2D eigenvalue weighted by molar-refractivity contribution is -0.384. The number of nitro benzene ring substituents is 1. The van der Waals surface area contributed by atoms with E-state index in [2.05, 4.69) is 5.32 Å². The van der Waals surface area contributed by atoms with Crippen molar-refractivity contribution in [1.82, 2.24) is 10.2 Å². The predicted molar refractivity (Wildman–Crippen MR) is 91.4 cm³/mol. The Morgan fingerprint density at radius 2 is 1.92 bits per heavy atom. The highest BCUT2D eigenvalue weighted by molar-refractivity contribution is 5.94. The van der Waals surface area contributed by atoms with E-state index in [1.165, 1.54) is 24.3 Å². The zero-order valence-corrected chi connectivity index (χ0v) is 14.7. The van der Waals surface area contributed by atoms with Crippen LogP contribution in [0.3, 0.4) is 0 Å². The van der Waals surface area contributed by atoms with E-state index in [1.54, 1.807) is 4.90 Å². The van der Waals surface area contributed by atoms with E-state index in [4.69, 9.17) is 4.74 Å². The molecule has 2 amide bonds. The molecule has 1 heterocycles. The minimum absolute atomic E-state index is 0.0645. The van der Waals surface area contributed by atoms with Crippen LogP contribution in [0.15, 0.2) is 24.3 Å². The summed E-state index contributed by atoms with van der Waals surface area (Å²) >= 11 is 0. The average Bonchev–Trinajstić information content (AvgIpc) is 2.53. The van der Waals surface area contributed by atoms with E-state index in [0.29, 0.717) is 18.7 Å². The van der Waals surface area contributed by atoms with Gasteiger partial charge in [0.25, 0.3) is 11.6 Å². The third-order valence-corrected chi connectivity index (χ3v) is 3.75. The van der Waals surface area contributed by atoms with Crippen molar-refractivity contribution in [2.24, 2.45) is 0 Å². The maximum Gasteiger partial charge on any atom is 0.410 e. The number of nitro groups is 1. The number of carbonyl (C=O) groups excluding carboxylic acids is 2. The van der Waals surface area contributed by atoms with Crippen molar-refractivity contribution in [3.63, 3.8) is 0 Å². The second-order valence-corrected chi connectivity index (χ2v) is 7.04. The number of ether oxygens (including phenoxy) is 1. The molecule has 0 spiro atoms. The first-order chi connectivity index (χ1) is 11.7. The van der Waals surface area contributed by atoms with Gasteiger partial charge in [-0.1, -0.05) is 0 Å². The van der Waals surface area contributed by atoms with Gasteiger partial charge >= 0.3 is 6.09 Å². The van der Waals surface area contributed by atoms with Crippen molar-refractivity contribution in [3.05, 3.63) is 39.9 Å². The van der Waals surface area contributed by atoms with Crippen molar-refractivity contribution >= 4 is 17.7 Å². The molecule has 8 heteroatoms. The van der Waals surface area contributed by atoms with Crippen molar-refractivity contribution in [3.8, 4) is 0 Å². The summed E-state index contributed by atoms with van der Waals surface area (Å²) in [7, 11) is 0. The Morgan fingerprint density at radius 3 is 2.48 bits per heavy atom. The molecule has 1 aromatic carbocycles. The Balaban J connectivity index is 1.94. The SMILES string of the molecule is CC(C)(C)OC(=O)N1CCC[C@H](NC(=O)c2ccc([N+](=O)[O-])cc2)C1. The molecule has 8 nitrogen and oxygen atoms in total. The van der Waals surface area contributed by atoms with Crippen LogP contribution < -0.4 is 5.32 Å². The number of non-ortho nitro benzene ring substituents is 1. The van der Waals surface area contributed by atoms with Gasteiger partial charge in [-0.05, 0) is 45.7 Å². The van der Waals surface area contributed by atoms with E-state index < -0.39 is 10.5 Å². The van der Waals surface area contributed by atoms with Crippen molar-refractivity contribution < 1.29 is 19.2 Å². The summed E-state index contributed by atoms with van der Waals surface area (Å²) in [4.78, 5) is 36.2. The first-order valence-corrected chi connectivity index (χ1v) is 8.19. The molecule has 1 saturated heterocycles. The van der Waals surface area contributed by atoms with E-state index in [9.17, 15) is 19.7 Å². The maximum absolute atomic E-state index is 12.3. The van der Waals surface area contributed by atoms with Crippen LogP contribution >= 0.6 is 0 Å². The largest absolute Gasteiger partial charge is 0.444 e. The molecule has 1 atom stereocenters. The molecule has 1 fully saturated rings. The number of amides is 2. The first-order valence-electron chi connectivity index (χ1n) is 8.19. The van der Waals surface area contributed by atoms with Crippen molar-refractivity contribution in [2.75, 3.05) is 13.1 Å². The summed E-state index contributed by atoms with van der Waals surface area (Å²) in [5.74, 6) is -0.314. The first kappa shape index (κ1) is 18.7. The monoisotopic (exact) mass is 349 g/mol. The highest BCUT2D eigenvalue weighted by Crippen LogP contribution is 2.16. The minimum atomic E-state index is -0.563. The molecule has 1 N–H and O–H groups in total. The molecule has 1 aliphatic rings. The summed E-state index contributed by atoms with van der Waals surface area (Å²) < 4.78 is 5.36. The fourth-order valence-electron chi connectivity index (χ4n) is 2.59. The highest BCUT2D eigenvalue weighted by Gasteiger charge is 2.28. The van der Waals surface area contributed by atoms with Crippen LogP contribution in [0.4, 0.5) is 10.5 Å². The van der Waals surface area contributed by atoms with Gasteiger partial charge in [-0.25, -0.2) is 4.79 Å². The summed E-state index contributed by atoms with van der Waals surface area (Å²) in [5, 5.41) is 13.5. The normalized spacial score (nSPS) is 17.7. The highest BCUT2D eigenvalue weighted by atomic mass is 16.6. The van der Waals surface area contributed by atoms with Gasteiger partial charge in [0.15, 0.2) is 0 Å². The number of rotatable bonds is 3. The van der Waals surface area contributed by atoms with Gasteiger partial charge < -0.3 is 15.0 Å². The Labute approximate surface area is 146 Å². The quantitative estimate of drug-likeness (QED) is 0.668. The zero-order chi connectivity index (χ0) is 18.6. The Hall–Kier alpha value is -2.64. The number of likely N-dealkylation sites (tertiary alicyclic amines) is 1. The summed E-state index contributed by atoms with van der Waals surface area (Å²) in [5.41, 5.74) is -0.281.